The second kappa shape index (κ2) is 16.6. The van der Waals surface area contributed by atoms with E-state index < -0.39 is 0 Å². The fourth-order valence-electron chi connectivity index (χ4n) is 3.56. The number of rotatable bonds is 11. The lowest BCUT2D eigenvalue weighted by atomic mass is 9.89. The molecule has 0 unspecified atom stereocenters. The van der Waals surface area contributed by atoms with Crippen molar-refractivity contribution in [3.63, 3.8) is 0 Å². The zero-order valence-corrected chi connectivity index (χ0v) is 18.3. The molecule has 0 aromatic rings. The predicted octanol–water partition coefficient (Wildman–Crippen LogP) is 7.66. The average molecular weight is 370 g/mol. The van der Waals surface area contributed by atoms with Gasteiger partial charge in [0.1, 0.15) is 0 Å². The summed E-state index contributed by atoms with van der Waals surface area (Å²) in [5, 5.41) is 0. The van der Waals surface area contributed by atoms with Crippen molar-refractivity contribution in [1.82, 2.24) is 4.90 Å². The van der Waals surface area contributed by atoms with E-state index in [4.69, 9.17) is 0 Å². The standard InChI is InChI=1S/C24H39N.C2H4/c1-6-10-22(9-4)14-17-25-18-15-23(16-19-25)12-13-24(11-7-2)20-21(5)8-3;1-2/h6,8,10-11,20,23H,1,3,7,9,12-19H2,2,4-5H3;1-2H2/b21-20-,22-10-,24-11-;. The Labute approximate surface area is 169 Å². The predicted molar refractivity (Wildman–Crippen MR) is 125 cm³/mol. The molecule has 0 aromatic carbocycles. The van der Waals surface area contributed by atoms with Gasteiger partial charge in [-0.05, 0) is 70.9 Å². The van der Waals surface area contributed by atoms with Crippen LogP contribution in [0.3, 0.4) is 0 Å². The van der Waals surface area contributed by atoms with E-state index in [1.165, 1.54) is 68.5 Å². The number of allylic oxidation sites excluding steroid dienone is 7. The molecule has 1 fully saturated rings. The largest absolute Gasteiger partial charge is 0.303 e. The summed E-state index contributed by atoms with van der Waals surface area (Å²) in [5.74, 6) is 0.892. The van der Waals surface area contributed by atoms with Crippen LogP contribution in [0.2, 0.25) is 0 Å². The van der Waals surface area contributed by atoms with Gasteiger partial charge in [-0.1, -0.05) is 74.1 Å². The van der Waals surface area contributed by atoms with Crippen LogP contribution in [-0.2, 0) is 0 Å². The summed E-state index contributed by atoms with van der Waals surface area (Å²) in [6.45, 7) is 24.0. The highest BCUT2D eigenvalue weighted by Crippen LogP contribution is 2.25. The molecule has 1 rings (SSSR count). The topological polar surface area (TPSA) is 3.24 Å². The molecular weight excluding hydrogens is 326 g/mol. The molecule has 0 aliphatic carbocycles. The molecule has 1 heteroatoms. The van der Waals surface area contributed by atoms with Crippen LogP contribution in [0.25, 0.3) is 0 Å². The molecule has 1 aliphatic rings. The second-order valence-electron chi connectivity index (χ2n) is 7.27. The zero-order chi connectivity index (χ0) is 20.5. The average Bonchev–Trinajstić information content (AvgIpc) is 2.71. The third-order valence-electron chi connectivity index (χ3n) is 5.31. The Kier molecular flexibility index (Phi) is 15.6. The van der Waals surface area contributed by atoms with Gasteiger partial charge in [0.05, 0.1) is 0 Å². The molecule has 1 heterocycles. The van der Waals surface area contributed by atoms with Crippen LogP contribution in [0, 0.1) is 5.92 Å². The molecule has 1 nitrogen and oxygen atoms in total. The first-order valence-corrected chi connectivity index (χ1v) is 10.6. The second-order valence-corrected chi connectivity index (χ2v) is 7.27. The van der Waals surface area contributed by atoms with Gasteiger partial charge in [-0.2, -0.15) is 0 Å². The normalized spacial score (nSPS) is 17.2. The van der Waals surface area contributed by atoms with Crippen molar-refractivity contribution in [2.75, 3.05) is 19.6 Å². The maximum Gasteiger partial charge on any atom is 0.00187 e. The van der Waals surface area contributed by atoms with E-state index in [2.05, 4.69) is 70.2 Å². The Hall–Kier alpha value is -1.60. The molecule has 0 bridgehead atoms. The minimum atomic E-state index is 0.892. The van der Waals surface area contributed by atoms with E-state index in [-0.39, 0.29) is 0 Å². The highest BCUT2D eigenvalue weighted by Gasteiger charge is 2.18. The van der Waals surface area contributed by atoms with Gasteiger partial charge in [-0.25, -0.2) is 0 Å². The zero-order valence-electron chi connectivity index (χ0n) is 18.3. The maximum atomic E-state index is 3.87. The Morgan fingerprint density at radius 2 is 1.74 bits per heavy atom. The lowest BCUT2D eigenvalue weighted by molar-refractivity contribution is 0.181. The van der Waals surface area contributed by atoms with E-state index in [0.717, 1.165) is 18.8 Å². The molecule has 1 aliphatic heterocycles. The van der Waals surface area contributed by atoms with Gasteiger partial charge in [0.25, 0.3) is 0 Å². The van der Waals surface area contributed by atoms with Crippen molar-refractivity contribution >= 4 is 0 Å². The van der Waals surface area contributed by atoms with Crippen LogP contribution in [0.1, 0.15) is 65.7 Å². The van der Waals surface area contributed by atoms with Gasteiger partial charge in [-0.3, -0.25) is 0 Å². The fourth-order valence-corrected chi connectivity index (χ4v) is 3.56. The van der Waals surface area contributed by atoms with Gasteiger partial charge in [0.2, 0.25) is 0 Å². The van der Waals surface area contributed by atoms with Crippen molar-refractivity contribution in [3.8, 4) is 0 Å². The van der Waals surface area contributed by atoms with Gasteiger partial charge in [-0.15, -0.1) is 13.2 Å². The van der Waals surface area contributed by atoms with Crippen molar-refractivity contribution in [3.05, 3.63) is 73.4 Å². The summed E-state index contributed by atoms with van der Waals surface area (Å²) < 4.78 is 0. The minimum absolute atomic E-state index is 0.892. The van der Waals surface area contributed by atoms with E-state index in [1.54, 1.807) is 0 Å². The number of hydrogen-bond donors (Lipinski definition) is 0. The Morgan fingerprint density at radius 3 is 2.26 bits per heavy atom. The highest BCUT2D eigenvalue weighted by atomic mass is 15.1. The van der Waals surface area contributed by atoms with Gasteiger partial charge in [0.15, 0.2) is 0 Å². The third-order valence-corrected chi connectivity index (χ3v) is 5.31. The smallest absolute Gasteiger partial charge is 0.00187 e. The van der Waals surface area contributed by atoms with E-state index in [0.29, 0.717) is 0 Å². The summed E-state index contributed by atoms with van der Waals surface area (Å²) in [5.41, 5.74) is 4.29. The molecule has 0 N–H and O–H groups in total. The fraction of sp³-hybridized carbons (Fsp3) is 0.538. The van der Waals surface area contributed by atoms with Crippen LogP contribution in [0.5, 0.6) is 0 Å². The van der Waals surface area contributed by atoms with Crippen LogP contribution in [0.4, 0.5) is 0 Å². The van der Waals surface area contributed by atoms with Crippen molar-refractivity contribution in [2.24, 2.45) is 5.92 Å². The van der Waals surface area contributed by atoms with Gasteiger partial charge in [0, 0.05) is 6.54 Å². The number of piperidine rings is 1. The van der Waals surface area contributed by atoms with Crippen LogP contribution in [-0.4, -0.2) is 24.5 Å². The molecule has 0 spiro atoms. The molecule has 0 atom stereocenters. The summed E-state index contributed by atoms with van der Waals surface area (Å²) in [7, 11) is 0. The van der Waals surface area contributed by atoms with Gasteiger partial charge >= 0.3 is 0 Å². The summed E-state index contributed by atoms with van der Waals surface area (Å²) in [6, 6.07) is 0. The van der Waals surface area contributed by atoms with Gasteiger partial charge < -0.3 is 4.90 Å². The van der Waals surface area contributed by atoms with Crippen LogP contribution in [0.15, 0.2) is 73.4 Å². The van der Waals surface area contributed by atoms with Crippen molar-refractivity contribution < 1.29 is 0 Å². The maximum absolute atomic E-state index is 3.87. The van der Waals surface area contributed by atoms with Crippen LogP contribution >= 0.6 is 0 Å². The van der Waals surface area contributed by atoms with E-state index >= 15 is 0 Å². The van der Waals surface area contributed by atoms with Crippen molar-refractivity contribution in [1.29, 1.82) is 0 Å². The van der Waals surface area contributed by atoms with E-state index in [9.17, 15) is 0 Å². The third kappa shape index (κ3) is 11.7. The lowest BCUT2D eigenvalue weighted by Gasteiger charge is -2.32. The Balaban J connectivity index is 0.00000326. The first-order valence-electron chi connectivity index (χ1n) is 10.6. The SMILES string of the molecule is C=C.C=C/C=C(/CC)CCN1CCC(CCC(/C=C(/C)C=C)=C/CC)CC1. The molecule has 152 valence electrons. The molecule has 0 radical (unpaired) electrons. The van der Waals surface area contributed by atoms with Crippen LogP contribution < -0.4 is 0 Å². The lowest BCUT2D eigenvalue weighted by Crippen LogP contribution is -2.34. The molecule has 1 saturated heterocycles. The Bertz CT molecular complexity index is 498. The molecular formula is C26H43N. The quantitative estimate of drug-likeness (QED) is 0.267. The summed E-state index contributed by atoms with van der Waals surface area (Å²) in [4.78, 5) is 2.65. The highest BCUT2D eigenvalue weighted by molar-refractivity contribution is 5.27. The summed E-state index contributed by atoms with van der Waals surface area (Å²) in [6.07, 6.45) is 19.5. The Morgan fingerprint density at radius 1 is 1.07 bits per heavy atom. The first-order chi connectivity index (χ1) is 13.1. The van der Waals surface area contributed by atoms with E-state index in [1.807, 2.05) is 12.2 Å². The monoisotopic (exact) mass is 369 g/mol. The first kappa shape index (κ1) is 25.4. The molecule has 0 amide bonds. The van der Waals surface area contributed by atoms with Crippen molar-refractivity contribution in [2.45, 2.75) is 65.7 Å². The summed E-state index contributed by atoms with van der Waals surface area (Å²) >= 11 is 0. The molecule has 0 saturated carbocycles. The molecule has 0 aromatic heterocycles. The number of likely N-dealkylation sites (tertiary alicyclic amines) is 1. The number of hydrogen-bond acceptors (Lipinski definition) is 1. The minimum Gasteiger partial charge on any atom is -0.303 e. The number of nitrogens with zero attached hydrogens (tertiary/aromatic N) is 1. The molecule has 27 heavy (non-hydrogen) atoms.